The number of hydrogen-bond donors (Lipinski definition) is 1. The monoisotopic (exact) mass is 576 g/mol. The summed E-state index contributed by atoms with van der Waals surface area (Å²) >= 11 is 8.31. The number of hydrogen-bond acceptors (Lipinski definition) is 4. The van der Waals surface area contributed by atoms with Crippen molar-refractivity contribution in [3.63, 3.8) is 0 Å². The van der Waals surface area contributed by atoms with Crippen molar-refractivity contribution in [2.24, 2.45) is 4.99 Å². The molecule has 0 aromatic heterocycles. The van der Waals surface area contributed by atoms with Crippen LogP contribution in [0.2, 0.25) is 5.02 Å². The van der Waals surface area contributed by atoms with E-state index in [-0.39, 0.29) is 12.5 Å². The van der Waals surface area contributed by atoms with Crippen molar-refractivity contribution in [1.82, 2.24) is 0 Å². The zero-order valence-corrected chi connectivity index (χ0v) is 22.0. The van der Waals surface area contributed by atoms with Gasteiger partial charge in [-0.1, -0.05) is 29.8 Å². The molecule has 0 saturated heterocycles. The number of aliphatic imine (C=N–C) groups is 1. The molecule has 0 heterocycles. The molecule has 0 saturated carbocycles. The average molecular weight is 577 g/mol. The van der Waals surface area contributed by atoms with Gasteiger partial charge >= 0.3 is 0 Å². The maximum Gasteiger partial charge on any atom is 0.262 e. The molecule has 3 aromatic carbocycles. The summed E-state index contributed by atoms with van der Waals surface area (Å²) in [4.78, 5) is 17.0. The SMILES string of the molecule is CCOc1cc(C=Nc2cccc(C)c2C)cc(I)c1OCC(=O)Nc1ccc(C)c(Cl)c1. The minimum absolute atomic E-state index is 0.155. The van der Waals surface area contributed by atoms with Crippen LogP contribution in [0.3, 0.4) is 0 Å². The topological polar surface area (TPSA) is 59.9 Å². The lowest BCUT2D eigenvalue weighted by Gasteiger charge is -2.15. The molecular formula is C26H26ClIN2O3. The second kappa shape index (κ2) is 11.5. The van der Waals surface area contributed by atoms with Crippen LogP contribution in [0, 0.1) is 24.3 Å². The second-order valence-electron chi connectivity index (χ2n) is 7.54. The number of aryl methyl sites for hydroxylation is 2. The van der Waals surface area contributed by atoms with Gasteiger partial charge in [0, 0.05) is 16.9 Å². The molecule has 0 atom stereocenters. The summed E-state index contributed by atoms with van der Waals surface area (Å²) in [6, 6.07) is 15.2. The zero-order chi connectivity index (χ0) is 24.0. The minimum Gasteiger partial charge on any atom is -0.490 e. The summed E-state index contributed by atoms with van der Waals surface area (Å²) in [5, 5.41) is 3.40. The van der Waals surface area contributed by atoms with E-state index in [2.05, 4.69) is 52.8 Å². The number of ether oxygens (including phenoxy) is 2. The highest BCUT2D eigenvalue weighted by Crippen LogP contribution is 2.34. The molecule has 0 aliphatic rings. The molecule has 0 aliphatic heterocycles. The van der Waals surface area contributed by atoms with E-state index in [0.717, 1.165) is 25.9 Å². The lowest BCUT2D eigenvalue weighted by atomic mass is 10.1. The van der Waals surface area contributed by atoms with Gasteiger partial charge in [-0.3, -0.25) is 9.79 Å². The van der Waals surface area contributed by atoms with Crippen LogP contribution in [0.4, 0.5) is 11.4 Å². The van der Waals surface area contributed by atoms with E-state index in [1.54, 1.807) is 12.1 Å². The molecular weight excluding hydrogens is 551 g/mol. The van der Waals surface area contributed by atoms with Crippen LogP contribution >= 0.6 is 34.2 Å². The van der Waals surface area contributed by atoms with Gasteiger partial charge in [0.25, 0.3) is 5.91 Å². The third kappa shape index (κ3) is 6.71. The Balaban J connectivity index is 1.75. The highest BCUT2D eigenvalue weighted by Gasteiger charge is 2.14. The molecule has 0 fully saturated rings. The Hall–Kier alpha value is -2.58. The summed E-state index contributed by atoms with van der Waals surface area (Å²) in [5.41, 5.74) is 5.73. The molecule has 3 rings (SSSR count). The van der Waals surface area contributed by atoms with Gasteiger partial charge in [-0.15, -0.1) is 0 Å². The summed E-state index contributed by atoms with van der Waals surface area (Å²) < 4.78 is 12.5. The number of rotatable bonds is 8. The summed E-state index contributed by atoms with van der Waals surface area (Å²) in [6.07, 6.45) is 1.81. The molecule has 0 radical (unpaired) electrons. The highest BCUT2D eigenvalue weighted by molar-refractivity contribution is 14.1. The molecule has 172 valence electrons. The van der Waals surface area contributed by atoms with Gasteiger partial charge in [-0.25, -0.2) is 0 Å². The minimum atomic E-state index is -0.284. The molecule has 5 nitrogen and oxygen atoms in total. The van der Waals surface area contributed by atoms with Crippen LogP contribution < -0.4 is 14.8 Å². The van der Waals surface area contributed by atoms with Crippen LogP contribution in [0.5, 0.6) is 11.5 Å². The maximum atomic E-state index is 12.4. The normalized spacial score (nSPS) is 11.0. The van der Waals surface area contributed by atoms with Gasteiger partial charge in [-0.05, 0) is 103 Å². The Labute approximate surface area is 213 Å². The number of carbonyl (C=O) groups excluding carboxylic acids is 1. The van der Waals surface area contributed by atoms with Crippen molar-refractivity contribution in [3.05, 3.63) is 79.4 Å². The fraction of sp³-hybridized carbons (Fsp3) is 0.231. The number of benzene rings is 3. The molecule has 33 heavy (non-hydrogen) atoms. The Morgan fingerprint density at radius 1 is 1.09 bits per heavy atom. The number of amides is 1. The second-order valence-corrected chi connectivity index (χ2v) is 9.11. The predicted molar refractivity (Wildman–Crippen MR) is 144 cm³/mol. The van der Waals surface area contributed by atoms with Crippen molar-refractivity contribution in [3.8, 4) is 11.5 Å². The van der Waals surface area contributed by atoms with E-state index in [1.165, 1.54) is 5.56 Å². The maximum absolute atomic E-state index is 12.4. The lowest BCUT2D eigenvalue weighted by Crippen LogP contribution is -2.20. The number of anilines is 1. The number of nitrogens with zero attached hydrogens (tertiary/aromatic N) is 1. The van der Waals surface area contributed by atoms with Gasteiger partial charge in [0.2, 0.25) is 0 Å². The lowest BCUT2D eigenvalue weighted by molar-refractivity contribution is -0.118. The molecule has 3 aromatic rings. The van der Waals surface area contributed by atoms with Gasteiger partial charge in [0.05, 0.1) is 15.9 Å². The van der Waals surface area contributed by atoms with E-state index in [9.17, 15) is 4.79 Å². The molecule has 0 unspecified atom stereocenters. The standard InChI is InChI=1S/C26H26ClIN2O3/c1-5-32-24-12-19(14-29-23-8-6-7-16(2)18(23)4)11-22(28)26(24)33-15-25(31)30-20-10-9-17(3)21(27)13-20/h6-14H,5,15H2,1-4H3,(H,30,31). The first-order valence-electron chi connectivity index (χ1n) is 10.5. The van der Waals surface area contributed by atoms with Crippen molar-refractivity contribution in [1.29, 1.82) is 0 Å². The summed E-state index contributed by atoms with van der Waals surface area (Å²) in [6.45, 7) is 8.26. The largest absolute Gasteiger partial charge is 0.490 e. The van der Waals surface area contributed by atoms with Crippen LogP contribution in [0.25, 0.3) is 0 Å². The van der Waals surface area contributed by atoms with Crippen molar-refractivity contribution < 1.29 is 14.3 Å². The fourth-order valence-corrected chi connectivity index (χ4v) is 4.05. The van der Waals surface area contributed by atoms with Crippen molar-refractivity contribution in [2.75, 3.05) is 18.5 Å². The van der Waals surface area contributed by atoms with E-state index < -0.39 is 0 Å². The smallest absolute Gasteiger partial charge is 0.262 e. The Bertz CT molecular complexity index is 1190. The molecule has 0 spiro atoms. The van der Waals surface area contributed by atoms with Gasteiger partial charge < -0.3 is 14.8 Å². The van der Waals surface area contributed by atoms with E-state index in [1.807, 2.05) is 50.4 Å². The quantitative estimate of drug-likeness (QED) is 0.231. The Morgan fingerprint density at radius 3 is 2.61 bits per heavy atom. The first kappa shape index (κ1) is 25.1. The van der Waals surface area contributed by atoms with Crippen LogP contribution in [-0.4, -0.2) is 25.3 Å². The summed E-state index contributed by atoms with van der Waals surface area (Å²) in [7, 11) is 0. The molecule has 1 amide bonds. The molecule has 0 bridgehead atoms. The number of nitrogens with one attached hydrogen (secondary N) is 1. The van der Waals surface area contributed by atoms with E-state index in [4.69, 9.17) is 21.1 Å². The molecule has 1 N–H and O–H groups in total. The third-order valence-corrected chi connectivity index (χ3v) is 6.27. The van der Waals surface area contributed by atoms with E-state index >= 15 is 0 Å². The van der Waals surface area contributed by atoms with Crippen LogP contribution in [-0.2, 0) is 4.79 Å². The molecule has 0 aliphatic carbocycles. The van der Waals surface area contributed by atoms with Crippen LogP contribution in [0.15, 0.2) is 53.5 Å². The first-order valence-corrected chi connectivity index (χ1v) is 12.0. The van der Waals surface area contributed by atoms with Crippen molar-refractivity contribution in [2.45, 2.75) is 27.7 Å². The van der Waals surface area contributed by atoms with Crippen LogP contribution in [0.1, 0.15) is 29.2 Å². The predicted octanol–water partition coefficient (Wildman–Crippen LogP) is 7.04. The van der Waals surface area contributed by atoms with Crippen molar-refractivity contribution >= 4 is 57.7 Å². The molecule has 7 heteroatoms. The third-order valence-electron chi connectivity index (χ3n) is 5.06. The zero-order valence-electron chi connectivity index (χ0n) is 19.0. The Morgan fingerprint density at radius 2 is 1.88 bits per heavy atom. The summed E-state index contributed by atoms with van der Waals surface area (Å²) in [5.74, 6) is 0.810. The fourth-order valence-electron chi connectivity index (χ4n) is 3.09. The number of halogens is 2. The van der Waals surface area contributed by atoms with E-state index in [0.29, 0.717) is 28.8 Å². The highest BCUT2D eigenvalue weighted by atomic mass is 127. The average Bonchev–Trinajstić information content (AvgIpc) is 2.77. The van der Waals surface area contributed by atoms with Gasteiger partial charge in [0.1, 0.15) is 0 Å². The van der Waals surface area contributed by atoms with Gasteiger partial charge in [-0.2, -0.15) is 0 Å². The first-order chi connectivity index (χ1) is 15.8. The number of carbonyl (C=O) groups is 1. The Kier molecular flexibility index (Phi) is 8.74. The van der Waals surface area contributed by atoms with Gasteiger partial charge in [0.15, 0.2) is 18.1 Å².